The van der Waals surface area contributed by atoms with Gasteiger partial charge in [0.15, 0.2) is 5.13 Å². The van der Waals surface area contributed by atoms with Gasteiger partial charge in [-0.1, -0.05) is 0 Å². The molecular formula is C12H16N4O2S2. The molecule has 2 heterocycles. The minimum absolute atomic E-state index is 0.118. The summed E-state index contributed by atoms with van der Waals surface area (Å²) in [4.78, 5) is 9.17. The molecule has 0 spiro atoms. The number of nitrogens with zero attached hydrogens (tertiary/aromatic N) is 2. The van der Waals surface area contributed by atoms with Crippen molar-refractivity contribution in [3.8, 4) is 0 Å². The molecule has 0 fully saturated rings. The normalized spacial score (nSPS) is 11.3. The molecule has 0 radical (unpaired) electrons. The molecule has 0 atom stereocenters. The van der Waals surface area contributed by atoms with Gasteiger partial charge < -0.3 is 5.32 Å². The largest absolute Gasteiger partial charge is 0.384 e. The van der Waals surface area contributed by atoms with Crippen molar-refractivity contribution in [3.63, 3.8) is 0 Å². The topological polar surface area (TPSA) is 84.0 Å². The molecule has 2 aromatic rings. The molecule has 0 aliphatic rings. The van der Waals surface area contributed by atoms with Crippen LogP contribution in [-0.2, 0) is 10.0 Å². The van der Waals surface area contributed by atoms with E-state index in [1.54, 1.807) is 12.3 Å². The lowest BCUT2D eigenvalue weighted by molar-refractivity contribution is 0.601. The Balaban J connectivity index is 2.35. The maximum absolute atomic E-state index is 12.4. The van der Waals surface area contributed by atoms with Crippen LogP contribution in [-0.4, -0.2) is 24.9 Å². The van der Waals surface area contributed by atoms with Crippen LogP contribution in [0.5, 0.6) is 0 Å². The third-order valence-corrected chi connectivity index (χ3v) is 5.18. The Bertz CT molecular complexity index is 690. The van der Waals surface area contributed by atoms with E-state index in [0.717, 1.165) is 10.6 Å². The summed E-state index contributed by atoms with van der Waals surface area (Å²) in [5.41, 5.74) is 1.35. The van der Waals surface area contributed by atoms with E-state index in [1.165, 1.54) is 17.5 Å². The molecule has 2 N–H and O–H groups in total. The van der Waals surface area contributed by atoms with E-state index in [0.29, 0.717) is 17.4 Å². The molecule has 0 unspecified atom stereocenters. The first kappa shape index (κ1) is 14.7. The van der Waals surface area contributed by atoms with Gasteiger partial charge in [0.1, 0.15) is 4.90 Å². The molecule has 108 valence electrons. The summed E-state index contributed by atoms with van der Waals surface area (Å²) in [6, 6.07) is 1.64. The number of anilines is 2. The predicted octanol–water partition coefficient (Wildman–Crippen LogP) is 2.39. The lowest BCUT2D eigenvalue weighted by Crippen LogP contribution is -2.15. The van der Waals surface area contributed by atoms with Crippen molar-refractivity contribution in [3.05, 3.63) is 29.0 Å². The molecule has 0 aromatic carbocycles. The Morgan fingerprint density at radius 2 is 2.10 bits per heavy atom. The summed E-state index contributed by atoms with van der Waals surface area (Å²) in [5.74, 6) is 0. The van der Waals surface area contributed by atoms with Crippen LogP contribution in [0.3, 0.4) is 0 Å². The zero-order chi connectivity index (χ0) is 14.8. The van der Waals surface area contributed by atoms with Crippen molar-refractivity contribution < 1.29 is 8.42 Å². The Morgan fingerprint density at radius 3 is 2.70 bits per heavy atom. The number of pyridine rings is 1. The van der Waals surface area contributed by atoms with Crippen LogP contribution >= 0.6 is 11.3 Å². The SMILES string of the molecule is CCNc1ccncc1S(=O)(=O)Nc1nc(C)c(C)s1. The summed E-state index contributed by atoms with van der Waals surface area (Å²) in [5, 5.41) is 3.38. The lowest BCUT2D eigenvalue weighted by Gasteiger charge is -2.10. The highest BCUT2D eigenvalue weighted by molar-refractivity contribution is 7.93. The molecule has 8 heteroatoms. The number of thiazole rings is 1. The van der Waals surface area contributed by atoms with Gasteiger partial charge in [-0.05, 0) is 26.8 Å². The van der Waals surface area contributed by atoms with Gasteiger partial charge in [-0.3, -0.25) is 9.71 Å². The number of sulfonamides is 1. The van der Waals surface area contributed by atoms with Crippen molar-refractivity contribution in [1.82, 2.24) is 9.97 Å². The van der Waals surface area contributed by atoms with Crippen molar-refractivity contribution in [1.29, 1.82) is 0 Å². The number of hydrogen-bond acceptors (Lipinski definition) is 6. The Kier molecular flexibility index (Phi) is 4.24. The lowest BCUT2D eigenvalue weighted by atomic mass is 10.4. The van der Waals surface area contributed by atoms with Crippen LogP contribution in [0.15, 0.2) is 23.4 Å². The molecule has 0 amide bonds. The Morgan fingerprint density at radius 1 is 1.35 bits per heavy atom. The molecule has 0 aliphatic heterocycles. The van der Waals surface area contributed by atoms with E-state index < -0.39 is 10.0 Å². The van der Waals surface area contributed by atoms with Crippen molar-refractivity contribution in [2.24, 2.45) is 0 Å². The molecule has 6 nitrogen and oxygen atoms in total. The Hall–Kier alpha value is -1.67. The fraction of sp³-hybridized carbons (Fsp3) is 0.333. The second-order valence-electron chi connectivity index (χ2n) is 4.17. The van der Waals surface area contributed by atoms with Gasteiger partial charge in [-0.25, -0.2) is 13.4 Å². The smallest absolute Gasteiger partial charge is 0.267 e. The quantitative estimate of drug-likeness (QED) is 0.885. The van der Waals surface area contributed by atoms with E-state index >= 15 is 0 Å². The van der Waals surface area contributed by atoms with Gasteiger partial charge in [0.05, 0.1) is 11.4 Å². The zero-order valence-electron chi connectivity index (χ0n) is 11.5. The van der Waals surface area contributed by atoms with Crippen molar-refractivity contribution >= 4 is 32.2 Å². The van der Waals surface area contributed by atoms with Gasteiger partial charge in [-0.15, -0.1) is 11.3 Å². The number of aryl methyl sites for hydroxylation is 2. The van der Waals surface area contributed by atoms with Gasteiger partial charge >= 0.3 is 0 Å². The number of rotatable bonds is 5. The highest BCUT2D eigenvalue weighted by atomic mass is 32.2. The maximum atomic E-state index is 12.4. The number of nitrogens with one attached hydrogen (secondary N) is 2. The number of aromatic nitrogens is 2. The highest BCUT2D eigenvalue weighted by Crippen LogP contribution is 2.26. The first-order valence-corrected chi connectivity index (χ1v) is 8.38. The third kappa shape index (κ3) is 3.07. The van der Waals surface area contributed by atoms with E-state index in [4.69, 9.17) is 0 Å². The number of hydrogen-bond donors (Lipinski definition) is 2. The summed E-state index contributed by atoms with van der Waals surface area (Å²) in [6.45, 7) is 6.27. The van der Waals surface area contributed by atoms with E-state index in [2.05, 4.69) is 20.0 Å². The van der Waals surface area contributed by atoms with E-state index in [1.807, 2.05) is 20.8 Å². The first-order chi connectivity index (χ1) is 9.44. The van der Waals surface area contributed by atoms with Gasteiger partial charge in [0, 0.05) is 23.8 Å². The molecule has 0 aliphatic carbocycles. The fourth-order valence-electron chi connectivity index (χ4n) is 1.62. The summed E-state index contributed by atoms with van der Waals surface area (Å²) < 4.78 is 27.3. The molecule has 2 rings (SSSR count). The molecule has 0 saturated heterocycles. The van der Waals surface area contributed by atoms with E-state index in [9.17, 15) is 8.42 Å². The average Bonchev–Trinajstić information content (AvgIpc) is 2.68. The summed E-state index contributed by atoms with van der Waals surface area (Å²) >= 11 is 1.31. The second kappa shape index (κ2) is 5.76. The summed E-state index contributed by atoms with van der Waals surface area (Å²) in [7, 11) is -3.70. The van der Waals surface area contributed by atoms with Gasteiger partial charge in [0.25, 0.3) is 10.0 Å². The maximum Gasteiger partial charge on any atom is 0.267 e. The summed E-state index contributed by atoms with van der Waals surface area (Å²) in [6.07, 6.45) is 2.88. The predicted molar refractivity (Wildman–Crippen MR) is 80.8 cm³/mol. The minimum atomic E-state index is -3.70. The zero-order valence-corrected chi connectivity index (χ0v) is 13.1. The average molecular weight is 312 g/mol. The molecular weight excluding hydrogens is 296 g/mol. The van der Waals surface area contributed by atoms with Crippen LogP contribution in [0.25, 0.3) is 0 Å². The molecule has 0 saturated carbocycles. The van der Waals surface area contributed by atoms with Crippen LogP contribution in [0.2, 0.25) is 0 Å². The first-order valence-electron chi connectivity index (χ1n) is 6.08. The fourth-order valence-corrected chi connectivity index (χ4v) is 3.79. The Labute approximate surface area is 122 Å². The highest BCUT2D eigenvalue weighted by Gasteiger charge is 2.20. The third-order valence-electron chi connectivity index (χ3n) is 2.69. The van der Waals surface area contributed by atoms with Crippen LogP contribution in [0, 0.1) is 13.8 Å². The van der Waals surface area contributed by atoms with Gasteiger partial charge in [-0.2, -0.15) is 0 Å². The minimum Gasteiger partial charge on any atom is -0.384 e. The molecule has 20 heavy (non-hydrogen) atoms. The van der Waals surface area contributed by atoms with Crippen molar-refractivity contribution in [2.45, 2.75) is 25.7 Å². The van der Waals surface area contributed by atoms with Gasteiger partial charge in [0.2, 0.25) is 0 Å². The van der Waals surface area contributed by atoms with Crippen LogP contribution < -0.4 is 10.0 Å². The monoisotopic (exact) mass is 312 g/mol. The van der Waals surface area contributed by atoms with E-state index in [-0.39, 0.29) is 4.90 Å². The second-order valence-corrected chi connectivity index (χ2v) is 7.02. The van der Waals surface area contributed by atoms with Crippen LogP contribution in [0.4, 0.5) is 10.8 Å². The van der Waals surface area contributed by atoms with Crippen LogP contribution in [0.1, 0.15) is 17.5 Å². The van der Waals surface area contributed by atoms with Crippen molar-refractivity contribution in [2.75, 3.05) is 16.6 Å². The molecule has 2 aromatic heterocycles. The standard InChI is InChI=1S/C12H16N4O2S2/c1-4-14-10-5-6-13-7-11(10)20(17,18)16-12-15-8(2)9(3)19-12/h5-7H,4H2,1-3H3,(H,13,14)(H,15,16). The molecule has 0 bridgehead atoms.